The number of carbonyl (C=O) groups is 1. The smallest absolute Gasteiger partial charge is 0.255 e. The monoisotopic (exact) mass is 333 g/mol. The number of amides is 1. The largest absolute Gasteiger partial charge is 0.352 e. The van der Waals surface area contributed by atoms with Crippen LogP contribution in [0.1, 0.15) is 29.8 Å². The van der Waals surface area contributed by atoms with Crippen molar-refractivity contribution < 1.29 is 4.79 Å². The third-order valence-electron chi connectivity index (χ3n) is 4.08. The Kier molecular flexibility index (Phi) is 4.98. The zero-order valence-electron chi connectivity index (χ0n) is 14.9. The van der Waals surface area contributed by atoms with Crippen LogP contribution in [-0.4, -0.2) is 22.2 Å². The molecule has 0 atom stereocenters. The highest BCUT2D eigenvalue weighted by molar-refractivity contribution is 6.00. The molecule has 1 aromatic heterocycles. The number of nitrogens with zero attached hydrogens (tertiary/aromatic N) is 2. The normalized spacial score (nSPS) is 10.9. The van der Waals surface area contributed by atoms with E-state index >= 15 is 0 Å². The molecule has 0 aliphatic carbocycles. The van der Waals surface area contributed by atoms with Gasteiger partial charge in [0.05, 0.1) is 23.1 Å². The topological polar surface area (TPSA) is 46.9 Å². The summed E-state index contributed by atoms with van der Waals surface area (Å²) in [5, 5.41) is 7.52. The molecule has 0 aliphatic heterocycles. The second-order valence-corrected chi connectivity index (χ2v) is 6.58. The number of aryl methyl sites for hydroxylation is 1. The van der Waals surface area contributed by atoms with Crippen LogP contribution in [0.3, 0.4) is 0 Å². The van der Waals surface area contributed by atoms with E-state index in [1.165, 1.54) is 0 Å². The molecule has 4 heteroatoms. The van der Waals surface area contributed by atoms with Crippen LogP contribution in [0.25, 0.3) is 16.9 Å². The molecule has 0 radical (unpaired) electrons. The molecule has 1 amide bonds. The SMILES string of the molecule is Cc1ccccc1-n1ncc(C(=O)NCC(C)C)c1-c1ccccc1. The summed E-state index contributed by atoms with van der Waals surface area (Å²) in [5.41, 5.74) is 4.46. The van der Waals surface area contributed by atoms with Crippen LogP contribution in [-0.2, 0) is 0 Å². The molecule has 3 rings (SSSR count). The fourth-order valence-electron chi connectivity index (χ4n) is 2.76. The third-order valence-corrected chi connectivity index (χ3v) is 4.08. The molecule has 0 saturated heterocycles. The first-order valence-electron chi connectivity index (χ1n) is 8.55. The Morgan fingerprint density at radius 3 is 2.44 bits per heavy atom. The molecule has 128 valence electrons. The van der Waals surface area contributed by atoms with Crippen LogP contribution >= 0.6 is 0 Å². The minimum absolute atomic E-state index is 0.0904. The lowest BCUT2D eigenvalue weighted by atomic mass is 10.1. The summed E-state index contributed by atoms with van der Waals surface area (Å²) in [7, 11) is 0. The van der Waals surface area contributed by atoms with Crippen molar-refractivity contribution in [2.75, 3.05) is 6.54 Å². The van der Waals surface area contributed by atoms with Crippen molar-refractivity contribution in [3.05, 3.63) is 71.9 Å². The van der Waals surface area contributed by atoms with Crippen LogP contribution in [0.2, 0.25) is 0 Å². The number of nitrogens with one attached hydrogen (secondary N) is 1. The van der Waals surface area contributed by atoms with Crippen molar-refractivity contribution in [1.82, 2.24) is 15.1 Å². The molecule has 2 aromatic carbocycles. The summed E-state index contributed by atoms with van der Waals surface area (Å²) in [6, 6.07) is 18.0. The molecule has 3 aromatic rings. The molecule has 1 N–H and O–H groups in total. The fraction of sp³-hybridized carbons (Fsp3) is 0.238. The van der Waals surface area contributed by atoms with E-state index in [1.54, 1.807) is 6.20 Å². The van der Waals surface area contributed by atoms with Gasteiger partial charge in [0, 0.05) is 12.1 Å². The summed E-state index contributed by atoms with van der Waals surface area (Å²) in [5.74, 6) is 0.308. The molecule has 0 spiro atoms. The molecule has 0 unspecified atom stereocenters. The molecule has 0 saturated carbocycles. The van der Waals surface area contributed by atoms with Crippen LogP contribution < -0.4 is 5.32 Å². The fourth-order valence-corrected chi connectivity index (χ4v) is 2.76. The molecule has 1 heterocycles. The van der Waals surface area contributed by atoms with E-state index in [0.717, 1.165) is 22.5 Å². The second kappa shape index (κ2) is 7.34. The number of hydrogen-bond acceptors (Lipinski definition) is 2. The predicted molar refractivity (Wildman–Crippen MR) is 101 cm³/mol. The summed E-state index contributed by atoms with van der Waals surface area (Å²) >= 11 is 0. The van der Waals surface area contributed by atoms with Gasteiger partial charge in [-0.25, -0.2) is 4.68 Å². The molecule has 4 nitrogen and oxygen atoms in total. The number of para-hydroxylation sites is 1. The lowest BCUT2D eigenvalue weighted by Crippen LogP contribution is -2.27. The standard InChI is InChI=1S/C21H23N3O/c1-15(2)13-22-21(25)18-14-23-24(19-12-8-7-9-16(19)3)20(18)17-10-5-4-6-11-17/h4-12,14-15H,13H2,1-3H3,(H,22,25). The van der Waals surface area contributed by atoms with Gasteiger partial charge in [-0.1, -0.05) is 62.4 Å². The summed E-state index contributed by atoms with van der Waals surface area (Å²) < 4.78 is 1.86. The Hall–Kier alpha value is -2.88. The van der Waals surface area contributed by atoms with Gasteiger partial charge < -0.3 is 5.32 Å². The van der Waals surface area contributed by atoms with Gasteiger partial charge in [0.1, 0.15) is 0 Å². The lowest BCUT2D eigenvalue weighted by Gasteiger charge is -2.13. The zero-order chi connectivity index (χ0) is 17.8. The molecule has 25 heavy (non-hydrogen) atoms. The highest BCUT2D eigenvalue weighted by Gasteiger charge is 2.20. The van der Waals surface area contributed by atoms with Gasteiger partial charge in [0.2, 0.25) is 0 Å². The van der Waals surface area contributed by atoms with Crippen molar-refractivity contribution >= 4 is 5.91 Å². The summed E-state index contributed by atoms with van der Waals surface area (Å²) in [6.45, 7) is 6.84. The summed E-state index contributed by atoms with van der Waals surface area (Å²) in [4.78, 5) is 12.7. The minimum Gasteiger partial charge on any atom is -0.352 e. The first-order valence-corrected chi connectivity index (χ1v) is 8.55. The van der Waals surface area contributed by atoms with E-state index in [0.29, 0.717) is 18.0 Å². The van der Waals surface area contributed by atoms with E-state index in [9.17, 15) is 4.79 Å². The van der Waals surface area contributed by atoms with Gasteiger partial charge in [-0.3, -0.25) is 4.79 Å². The van der Waals surface area contributed by atoms with Gasteiger partial charge in [-0.2, -0.15) is 5.10 Å². The second-order valence-electron chi connectivity index (χ2n) is 6.58. The average molecular weight is 333 g/mol. The van der Waals surface area contributed by atoms with Crippen molar-refractivity contribution in [2.24, 2.45) is 5.92 Å². The summed E-state index contributed by atoms with van der Waals surface area (Å²) in [6.07, 6.45) is 1.66. The van der Waals surface area contributed by atoms with E-state index in [-0.39, 0.29) is 5.91 Å². The molecule has 0 fully saturated rings. The maximum Gasteiger partial charge on any atom is 0.255 e. The first kappa shape index (κ1) is 17.0. The molecule has 0 aliphatic rings. The zero-order valence-corrected chi connectivity index (χ0v) is 14.9. The van der Waals surface area contributed by atoms with E-state index < -0.39 is 0 Å². The van der Waals surface area contributed by atoms with E-state index in [1.807, 2.05) is 66.2 Å². The molecule has 0 bridgehead atoms. The first-order chi connectivity index (χ1) is 12.1. The van der Waals surface area contributed by atoms with E-state index in [4.69, 9.17) is 0 Å². The maximum atomic E-state index is 12.7. The number of aromatic nitrogens is 2. The van der Waals surface area contributed by atoms with Gasteiger partial charge in [-0.15, -0.1) is 0 Å². The van der Waals surface area contributed by atoms with Crippen molar-refractivity contribution in [1.29, 1.82) is 0 Å². The third kappa shape index (κ3) is 3.63. The van der Waals surface area contributed by atoms with Crippen LogP contribution in [0, 0.1) is 12.8 Å². The lowest BCUT2D eigenvalue weighted by molar-refractivity contribution is 0.0949. The van der Waals surface area contributed by atoms with Crippen molar-refractivity contribution in [3.63, 3.8) is 0 Å². The Morgan fingerprint density at radius 2 is 1.76 bits per heavy atom. The maximum absolute atomic E-state index is 12.7. The van der Waals surface area contributed by atoms with Gasteiger partial charge in [-0.05, 0) is 24.5 Å². The number of carbonyl (C=O) groups excluding carboxylic acids is 1. The van der Waals surface area contributed by atoms with Gasteiger partial charge in [0.15, 0.2) is 0 Å². The van der Waals surface area contributed by atoms with Crippen LogP contribution in [0.15, 0.2) is 60.8 Å². The quantitative estimate of drug-likeness (QED) is 0.759. The van der Waals surface area contributed by atoms with Crippen molar-refractivity contribution in [2.45, 2.75) is 20.8 Å². The number of rotatable bonds is 5. The Morgan fingerprint density at radius 1 is 1.08 bits per heavy atom. The minimum atomic E-state index is -0.0904. The number of benzene rings is 2. The average Bonchev–Trinajstić information content (AvgIpc) is 3.05. The van der Waals surface area contributed by atoms with Gasteiger partial charge in [0.25, 0.3) is 5.91 Å². The highest BCUT2D eigenvalue weighted by Crippen LogP contribution is 2.27. The number of hydrogen-bond donors (Lipinski definition) is 1. The molecular formula is C21H23N3O. The van der Waals surface area contributed by atoms with E-state index in [2.05, 4.69) is 24.3 Å². The Bertz CT molecular complexity index is 866. The highest BCUT2D eigenvalue weighted by atomic mass is 16.1. The Labute approximate surface area is 148 Å². The molecular weight excluding hydrogens is 310 g/mol. The van der Waals surface area contributed by atoms with Crippen LogP contribution in [0.5, 0.6) is 0 Å². The van der Waals surface area contributed by atoms with Crippen LogP contribution in [0.4, 0.5) is 0 Å². The van der Waals surface area contributed by atoms with Crippen molar-refractivity contribution in [3.8, 4) is 16.9 Å². The Balaban J connectivity index is 2.11. The predicted octanol–water partition coefficient (Wildman–Crippen LogP) is 4.23. The van der Waals surface area contributed by atoms with Gasteiger partial charge >= 0.3 is 0 Å².